The van der Waals surface area contributed by atoms with Crippen molar-refractivity contribution in [1.82, 2.24) is 0 Å². The van der Waals surface area contributed by atoms with Crippen LogP contribution in [0.3, 0.4) is 0 Å². The Kier molecular flexibility index (Phi) is 2.30. The second-order valence-corrected chi connectivity index (χ2v) is 3.76. The molecular weight excluding hydrogens is 176 g/mol. The van der Waals surface area contributed by atoms with Gasteiger partial charge in [-0.25, -0.2) is 0 Å². The predicted molar refractivity (Wildman–Crippen MR) is 55.4 cm³/mol. The Morgan fingerprint density at radius 1 is 1.57 bits per heavy atom. The number of aliphatic hydroxyl groups excluding tert-OH is 1. The van der Waals surface area contributed by atoms with Crippen LogP contribution in [0.25, 0.3) is 0 Å². The van der Waals surface area contributed by atoms with Crippen LogP contribution in [-0.2, 0) is 6.42 Å². The Morgan fingerprint density at radius 2 is 2.29 bits per heavy atom. The molecule has 1 N–H and O–H groups in total. The van der Waals surface area contributed by atoms with Gasteiger partial charge in [0, 0.05) is 6.42 Å². The maximum absolute atomic E-state index is 9.77. The van der Waals surface area contributed by atoms with E-state index >= 15 is 0 Å². The fraction of sp³-hybridized carbons (Fsp3) is 0.333. The second-order valence-electron chi connectivity index (χ2n) is 3.76. The van der Waals surface area contributed by atoms with Crippen LogP contribution in [0.4, 0.5) is 0 Å². The Bertz CT molecular complexity index is 332. The molecule has 2 rings (SSSR count). The quantitative estimate of drug-likeness (QED) is 0.722. The molecule has 1 heterocycles. The van der Waals surface area contributed by atoms with Crippen molar-refractivity contribution in [2.24, 2.45) is 0 Å². The number of hydrogen-bond donors (Lipinski definition) is 1. The lowest BCUT2D eigenvalue weighted by Gasteiger charge is -2.17. The van der Waals surface area contributed by atoms with Crippen molar-refractivity contribution >= 4 is 0 Å². The molecule has 1 aliphatic heterocycles. The van der Waals surface area contributed by atoms with Crippen LogP contribution in [0.5, 0.6) is 5.75 Å². The molecule has 2 heteroatoms. The summed E-state index contributed by atoms with van der Waals surface area (Å²) in [5.74, 6) is 0.887. The largest absolute Gasteiger partial charge is 0.487 e. The summed E-state index contributed by atoms with van der Waals surface area (Å²) in [6.07, 6.45) is 0.0387. The maximum Gasteiger partial charge on any atom is 0.132 e. The molecular formula is C12H14O2. The van der Waals surface area contributed by atoms with Crippen molar-refractivity contribution in [2.75, 3.05) is 0 Å². The molecule has 0 saturated heterocycles. The number of benzene rings is 1. The van der Waals surface area contributed by atoms with E-state index in [2.05, 4.69) is 6.58 Å². The third-order valence-corrected chi connectivity index (χ3v) is 2.53. The first-order valence-corrected chi connectivity index (χ1v) is 4.76. The van der Waals surface area contributed by atoms with Gasteiger partial charge in [0.25, 0.3) is 0 Å². The summed E-state index contributed by atoms with van der Waals surface area (Å²) in [4.78, 5) is 0. The molecule has 1 aliphatic rings. The molecule has 1 aromatic rings. The van der Waals surface area contributed by atoms with E-state index in [4.69, 9.17) is 4.74 Å². The normalized spacial score (nSPS) is 21.1. The summed E-state index contributed by atoms with van der Waals surface area (Å²) in [6.45, 7) is 5.55. The van der Waals surface area contributed by atoms with Crippen LogP contribution < -0.4 is 4.74 Å². The van der Waals surface area contributed by atoms with E-state index in [1.165, 1.54) is 0 Å². The number of para-hydroxylation sites is 1. The van der Waals surface area contributed by atoms with Crippen LogP contribution in [0.15, 0.2) is 36.4 Å². The van der Waals surface area contributed by atoms with Gasteiger partial charge in [0.1, 0.15) is 18.0 Å². The molecule has 0 aliphatic carbocycles. The Hall–Kier alpha value is -1.28. The van der Waals surface area contributed by atoms with Crippen LogP contribution in [0.1, 0.15) is 12.5 Å². The van der Waals surface area contributed by atoms with Gasteiger partial charge < -0.3 is 9.84 Å². The van der Waals surface area contributed by atoms with Crippen molar-refractivity contribution < 1.29 is 9.84 Å². The van der Waals surface area contributed by atoms with Crippen LogP contribution in [0.2, 0.25) is 0 Å². The van der Waals surface area contributed by atoms with Gasteiger partial charge in [-0.1, -0.05) is 24.8 Å². The predicted octanol–water partition coefficient (Wildman–Crippen LogP) is 1.93. The molecule has 2 unspecified atom stereocenters. The van der Waals surface area contributed by atoms with Gasteiger partial charge in [-0.3, -0.25) is 0 Å². The van der Waals surface area contributed by atoms with E-state index in [1.807, 2.05) is 31.2 Å². The number of rotatable bonds is 2. The first kappa shape index (κ1) is 9.28. The van der Waals surface area contributed by atoms with Crippen molar-refractivity contribution in [3.63, 3.8) is 0 Å². The summed E-state index contributed by atoms with van der Waals surface area (Å²) in [7, 11) is 0. The highest BCUT2D eigenvalue weighted by Gasteiger charge is 2.28. The van der Waals surface area contributed by atoms with Crippen molar-refractivity contribution in [3.8, 4) is 5.75 Å². The molecule has 0 radical (unpaired) electrons. The zero-order valence-corrected chi connectivity index (χ0v) is 8.23. The minimum absolute atomic E-state index is 0.162. The number of hydrogen-bond acceptors (Lipinski definition) is 2. The second kappa shape index (κ2) is 3.46. The zero-order valence-electron chi connectivity index (χ0n) is 8.23. The van der Waals surface area contributed by atoms with E-state index in [0.717, 1.165) is 23.3 Å². The first-order valence-electron chi connectivity index (χ1n) is 4.76. The monoisotopic (exact) mass is 190 g/mol. The van der Waals surface area contributed by atoms with E-state index in [9.17, 15) is 5.11 Å². The molecule has 0 saturated carbocycles. The molecule has 0 amide bonds. The van der Waals surface area contributed by atoms with Gasteiger partial charge in [0.15, 0.2) is 0 Å². The van der Waals surface area contributed by atoms with E-state index in [-0.39, 0.29) is 6.10 Å². The minimum atomic E-state index is -0.567. The smallest absolute Gasteiger partial charge is 0.132 e. The fourth-order valence-corrected chi connectivity index (χ4v) is 1.70. The molecule has 0 bridgehead atoms. The van der Waals surface area contributed by atoms with Gasteiger partial charge in [0.05, 0.1) is 0 Å². The molecule has 0 spiro atoms. The van der Waals surface area contributed by atoms with Gasteiger partial charge in [-0.2, -0.15) is 0 Å². The summed E-state index contributed by atoms with van der Waals surface area (Å²) >= 11 is 0. The standard InChI is InChI=1S/C12H14O2/c1-8(2)12(13)11-7-9-5-3-4-6-10(9)14-11/h3-6,11-13H,1,7H2,2H3. The summed E-state index contributed by atoms with van der Waals surface area (Å²) < 4.78 is 5.62. The lowest BCUT2D eigenvalue weighted by molar-refractivity contribution is 0.0751. The molecule has 2 atom stereocenters. The Labute approximate surface area is 83.8 Å². The van der Waals surface area contributed by atoms with Crippen molar-refractivity contribution in [2.45, 2.75) is 25.6 Å². The SMILES string of the molecule is C=C(C)C(O)C1Cc2ccccc2O1. The highest BCUT2D eigenvalue weighted by Crippen LogP contribution is 2.30. The van der Waals surface area contributed by atoms with Crippen molar-refractivity contribution in [1.29, 1.82) is 0 Å². The van der Waals surface area contributed by atoms with E-state index in [1.54, 1.807) is 0 Å². The van der Waals surface area contributed by atoms with Crippen LogP contribution in [-0.4, -0.2) is 17.3 Å². The number of fused-ring (bicyclic) bond motifs is 1. The van der Waals surface area contributed by atoms with Crippen LogP contribution >= 0.6 is 0 Å². The average molecular weight is 190 g/mol. The lowest BCUT2D eigenvalue weighted by Crippen LogP contribution is -2.30. The molecule has 1 aromatic carbocycles. The summed E-state index contributed by atoms with van der Waals surface area (Å²) in [5, 5.41) is 9.77. The summed E-state index contributed by atoms with van der Waals surface area (Å²) in [6, 6.07) is 7.88. The number of ether oxygens (including phenoxy) is 1. The highest BCUT2D eigenvalue weighted by molar-refractivity contribution is 5.38. The highest BCUT2D eigenvalue weighted by atomic mass is 16.5. The topological polar surface area (TPSA) is 29.5 Å². The van der Waals surface area contributed by atoms with Gasteiger partial charge >= 0.3 is 0 Å². The summed E-state index contributed by atoms with van der Waals surface area (Å²) in [5.41, 5.74) is 1.92. The third kappa shape index (κ3) is 1.53. The van der Waals surface area contributed by atoms with Crippen molar-refractivity contribution in [3.05, 3.63) is 42.0 Å². The van der Waals surface area contributed by atoms with E-state index in [0.29, 0.717) is 0 Å². The molecule has 14 heavy (non-hydrogen) atoms. The van der Waals surface area contributed by atoms with Gasteiger partial charge in [-0.05, 0) is 24.1 Å². The Morgan fingerprint density at radius 3 is 2.93 bits per heavy atom. The zero-order chi connectivity index (χ0) is 10.1. The first-order chi connectivity index (χ1) is 6.68. The van der Waals surface area contributed by atoms with Crippen LogP contribution in [0, 0.1) is 0 Å². The molecule has 0 fully saturated rings. The van der Waals surface area contributed by atoms with E-state index < -0.39 is 6.10 Å². The third-order valence-electron chi connectivity index (χ3n) is 2.53. The lowest BCUT2D eigenvalue weighted by atomic mass is 10.0. The molecule has 74 valence electrons. The van der Waals surface area contributed by atoms with Gasteiger partial charge in [0.2, 0.25) is 0 Å². The van der Waals surface area contributed by atoms with Gasteiger partial charge in [-0.15, -0.1) is 0 Å². The maximum atomic E-state index is 9.77. The molecule has 0 aromatic heterocycles. The average Bonchev–Trinajstić information content (AvgIpc) is 2.59. The fourth-order valence-electron chi connectivity index (χ4n) is 1.70. The minimum Gasteiger partial charge on any atom is -0.487 e. The molecule has 2 nitrogen and oxygen atoms in total. The Balaban J connectivity index is 2.15. The number of aliphatic hydroxyl groups is 1.